The Morgan fingerprint density at radius 2 is 2.20 bits per heavy atom. The summed E-state index contributed by atoms with van der Waals surface area (Å²) in [4.78, 5) is 14.3. The SMILES string of the molecule is NCC[C@H]1CN(C(=O)Cn2cccn2)c2ccccc21. The van der Waals surface area contributed by atoms with Crippen LogP contribution in [0.2, 0.25) is 0 Å². The highest BCUT2D eigenvalue weighted by atomic mass is 16.2. The van der Waals surface area contributed by atoms with Gasteiger partial charge in [-0.1, -0.05) is 18.2 Å². The topological polar surface area (TPSA) is 64.2 Å². The van der Waals surface area contributed by atoms with Gasteiger partial charge in [-0.3, -0.25) is 9.48 Å². The standard InChI is InChI=1S/C15H18N4O/c16-7-6-12-10-19(14-5-2-1-4-13(12)14)15(20)11-18-9-3-8-17-18/h1-5,8-9,12H,6-7,10-11,16H2/t12-/m0/s1. The summed E-state index contributed by atoms with van der Waals surface area (Å²) >= 11 is 0. The normalized spacial score (nSPS) is 17.2. The van der Waals surface area contributed by atoms with Gasteiger partial charge in [-0.05, 0) is 30.7 Å². The van der Waals surface area contributed by atoms with Crippen molar-refractivity contribution in [3.63, 3.8) is 0 Å². The average molecular weight is 270 g/mol. The van der Waals surface area contributed by atoms with E-state index in [2.05, 4.69) is 11.2 Å². The Hall–Kier alpha value is -2.14. The minimum atomic E-state index is 0.0701. The fourth-order valence-corrected chi connectivity index (χ4v) is 2.80. The Morgan fingerprint density at radius 3 is 2.95 bits per heavy atom. The number of aromatic nitrogens is 2. The van der Waals surface area contributed by atoms with E-state index in [4.69, 9.17) is 5.73 Å². The monoisotopic (exact) mass is 270 g/mol. The number of nitrogens with zero attached hydrogens (tertiary/aromatic N) is 3. The van der Waals surface area contributed by atoms with Crippen LogP contribution in [-0.2, 0) is 11.3 Å². The Labute approximate surface area is 118 Å². The van der Waals surface area contributed by atoms with Crippen LogP contribution in [-0.4, -0.2) is 28.8 Å². The van der Waals surface area contributed by atoms with E-state index in [1.54, 1.807) is 17.1 Å². The maximum absolute atomic E-state index is 12.5. The molecule has 0 bridgehead atoms. The molecule has 5 heteroatoms. The first-order valence-electron chi connectivity index (χ1n) is 6.86. The molecule has 0 saturated carbocycles. The Kier molecular flexibility index (Phi) is 3.52. The molecule has 2 N–H and O–H groups in total. The maximum atomic E-state index is 12.5. The predicted octanol–water partition coefficient (Wildman–Crippen LogP) is 1.36. The molecule has 1 aliphatic heterocycles. The van der Waals surface area contributed by atoms with Crippen molar-refractivity contribution in [1.82, 2.24) is 9.78 Å². The molecular weight excluding hydrogens is 252 g/mol. The van der Waals surface area contributed by atoms with E-state index in [0.717, 1.165) is 18.7 Å². The summed E-state index contributed by atoms with van der Waals surface area (Å²) in [6.07, 6.45) is 4.39. The zero-order chi connectivity index (χ0) is 13.9. The number of rotatable bonds is 4. The van der Waals surface area contributed by atoms with E-state index >= 15 is 0 Å². The molecular formula is C15H18N4O. The van der Waals surface area contributed by atoms with Crippen molar-refractivity contribution >= 4 is 11.6 Å². The molecule has 1 aromatic carbocycles. The zero-order valence-electron chi connectivity index (χ0n) is 11.3. The number of para-hydroxylation sites is 1. The lowest BCUT2D eigenvalue weighted by molar-refractivity contribution is -0.119. The number of hydrogen-bond acceptors (Lipinski definition) is 3. The number of carbonyl (C=O) groups excluding carboxylic acids is 1. The quantitative estimate of drug-likeness (QED) is 0.912. The van der Waals surface area contributed by atoms with Gasteiger partial charge in [0, 0.05) is 30.5 Å². The summed E-state index contributed by atoms with van der Waals surface area (Å²) < 4.78 is 1.65. The lowest BCUT2D eigenvalue weighted by Crippen LogP contribution is -2.33. The van der Waals surface area contributed by atoms with Gasteiger partial charge >= 0.3 is 0 Å². The number of hydrogen-bond donors (Lipinski definition) is 1. The molecule has 1 amide bonds. The van der Waals surface area contributed by atoms with Crippen molar-refractivity contribution in [3.8, 4) is 0 Å². The zero-order valence-corrected chi connectivity index (χ0v) is 11.3. The second-order valence-electron chi connectivity index (χ2n) is 5.04. The fraction of sp³-hybridized carbons (Fsp3) is 0.333. The van der Waals surface area contributed by atoms with Gasteiger partial charge in [0.15, 0.2) is 0 Å². The molecule has 0 aliphatic carbocycles. The number of anilines is 1. The number of amides is 1. The smallest absolute Gasteiger partial charge is 0.248 e. The van der Waals surface area contributed by atoms with Gasteiger partial charge in [0.05, 0.1) is 0 Å². The summed E-state index contributed by atoms with van der Waals surface area (Å²) in [5.41, 5.74) is 7.92. The van der Waals surface area contributed by atoms with E-state index < -0.39 is 0 Å². The molecule has 1 aromatic heterocycles. The van der Waals surface area contributed by atoms with E-state index in [9.17, 15) is 4.79 Å². The van der Waals surface area contributed by atoms with Crippen molar-refractivity contribution in [3.05, 3.63) is 48.3 Å². The fourth-order valence-electron chi connectivity index (χ4n) is 2.80. The van der Waals surface area contributed by atoms with E-state index in [0.29, 0.717) is 12.5 Å². The summed E-state index contributed by atoms with van der Waals surface area (Å²) in [6.45, 7) is 1.63. The third kappa shape index (κ3) is 2.32. The molecule has 3 rings (SSSR count). The van der Waals surface area contributed by atoms with Gasteiger partial charge in [-0.25, -0.2) is 0 Å². The van der Waals surface area contributed by atoms with Crippen molar-refractivity contribution in [2.45, 2.75) is 18.9 Å². The van der Waals surface area contributed by atoms with Crippen molar-refractivity contribution in [2.24, 2.45) is 5.73 Å². The largest absolute Gasteiger partial charge is 0.330 e. The minimum absolute atomic E-state index is 0.0701. The molecule has 5 nitrogen and oxygen atoms in total. The van der Waals surface area contributed by atoms with Crippen molar-refractivity contribution < 1.29 is 4.79 Å². The summed E-state index contributed by atoms with van der Waals surface area (Å²) in [5, 5.41) is 4.09. The highest BCUT2D eigenvalue weighted by molar-refractivity contribution is 5.95. The maximum Gasteiger partial charge on any atom is 0.248 e. The summed E-state index contributed by atoms with van der Waals surface area (Å²) in [6, 6.07) is 9.91. The minimum Gasteiger partial charge on any atom is -0.330 e. The highest BCUT2D eigenvalue weighted by Crippen LogP contribution is 2.37. The predicted molar refractivity (Wildman–Crippen MR) is 77.4 cm³/mol. The van der Waals surface area contributed by atoms with Crippen LogP contribution in [0.3, 0.4) is 0 Å². The molecule has 2 heterocycles. The van der Waals surface area contributed by atoms with Gasteiger partial charge in [-0.2, -0.15) is 5.10 Å². The lowest BCUT2D eigenvalue weighted by Gasteiger charge is -2.17. The molecule has 0 saturated heterocycles. The van der Waals surface area contributed by atoms with Gasteiger partial charge < -0.3 is 10.6 Å². The van der Waals surface area contributed by atoms with Crippen LogP contribution in [0.25, 0.3) is 0 Å². The first kappa shape index (κ1) is 12.9. The van der Waals surface area contributed by atoms with Gasteiger partial charge in [-0.15, -0.1) is 0 Å². The number of carbonyl (C=O) groups is 1. The van der Waals surface area contributed by atoms with E-state index in [1.807, 2.05) is 29.2 Å². The van der Waals surface area contributed by atoms with E-state index in [1.165, 1.54) is 5.56 Å². The Bertz CT molecular complexity index is 594. The number of nitrogens with two attached hydrogens (primary N) is 1. The average Bonchev–Trinajstić information content (AvgIpc) is 3.08. The van der Waals surface area contributed by atoms with Gasteiger partial charge in [0.25, 0.3) is 0 Å². The molecule has 0 unspecified atom stereocenters. The van der Waals surface area contributed by atoms with Crippen LogP contribution >= 0.6 is 0 Å². The third-order valence-corrected chi connectivity index (χ3v) is 3.74. The number of benzene rings is 1. The summed E-state index contributed by atoms with van der Waals surface area (Å²) in [5.74, 6) is 0.415. The number of fused-ring (bicyclic) bond motifs is 1. The highest BCUT2D eigenvalue weighted by Gasteiger charge is 2.31. The Balaban J connectivity index is 1.82. The van der Waals surface area contributed by atoms with Crippen molar-refractivity contribution in [1.29, 1.82) is 0 Å². The molecule has 104 valence electrons. The van der Waals surface area contributed by atoms with Crippen LogP contribution < -0.4 is 10.6 Å². The molecule has 1 aliphatic rings. The third-order valence-electron chi connectivity index (χ3n) is 3.74. The first-order valence-corrected chi connectivity index (χ1v) is 6.86. The van der Waals surface area contributed by atoms with Gasteiger partial charge in [0.2, 0.25) is 5.91 Å². The van der Waals surface area contributed by atoms with Crippen LogP contribution in [0.4, 0.5) is 5.69 Å². The molecule has 0 spiro atoms. The van der Waals surface area contributed by atoms with Crippen LogP contribution in [0.1, 0.15) is 17.9 Å². The molecule has 0 radical (unpaired) electrons. The van der Waals surface area contributed by atoms with Crippen LogP contribution in [0.15, 0.2) is 42.7 Å². The van der Waals surface area contributed by atoms with Gasteiger partial charge in [0.1, 0.15) is 6.54 Å². The molecule has 20 heavy (non-hydrogen) atoms. The second kappa shape index (κ2) is 5.46. The summed E-state index contributed by atoms with van der Waals surface area (Å²) in [7, 11) is 0. The Morgan fingerprint density at radius 1 is 1.35 bits per heavy atom. The van der Waals surface area contributed by atoms with Crippen LogP contribution in [0, 0.1) is 0 Å². The molecule has 2 aromatic rings. The second-order valence-corrected chi connectivity index (χ2v) is 5.04. The molecule has 0 fully saturated rings. The lowest BCUT2D eigenvalue weighted by atomic mass is 9.98. The van der Waals surface area contributed by atoms with E-state index in [-0.39, 0.29) is 12.5 Å². The molecule has 1 atom stereocenters. The van der Waals surface area contributed by atoms with Crippen molar-refractivity contribution in [2.75, 3.05) is 18.0 Å². The first-order chi connectivity index (χ1) is 9.79. The van der Waals surface area contributed by atoms with Crippen LogP contribution in [0.5, 0.6) is 0 Å².